The zero-order chi connectivity index (χ0) is 32.1. The highest BCUT2D eigenvalue weighted by molar-refractivity contribution is 6.28. The highest BCUT2D eigenvalue weighted by Gasteiger charge is 2.23. The first-order valence-corrected chi connectivity index (χ1v) is 16.6. The smallest absolute Gasteiger partial charge is 0.147 e. The fourth-order valence-corrected chi connectivity index (χ4v) is 8.10. The van der Waals surface area contributed by atoms with E-state index in [0.29, 0.717) is 0 Å². The van der Waals surface area contributed by atoms with Crippen molar-refractivity contribution in [3.05, 3.63) is 158 Å². The Morgan fingerprint density at radius 3 is 1.63 bits per heavy atom. The van der Waals surface area contributed by atoms with Crippen molar-refractivity contribution < 1.29 is 13.3 Å². The minimum atomic E-state index is 0.813. The van der Waals surface area contributed by atoms with E-state index in [4.69, 9.17) is 13.3 Å². The molecule has 3 aromatic heterocycles. The van der Waals surface area contributed by atoms with E-state index >= 15 is 0 Å². The Bertz CT molecular complexity index is 3040. The Balaban J connectivity index is 1.26. The molecular weight excluding hydrogens is 601 g/mol. The molecule has 0 unspecified atom stereocenters. The maximum atomic E-state index is 7.01. The second-order valence-corrected chi connectivity index (χ2v) is 12.7. The van der Waals surface area contributed by atoms with Crippen LogP contribution in [-0.4, -0.2) is 0 Å². The molecule has 49 heavy (non-hydrogen) atoms. The first-order chi connectivity index (χ1) is 24.3. The Kier molecular flexibility index (Phi) is 5.38. The molecule has 0 saturated heterocycles. The van der Waals surface area contributed by atoms with Gasteiger partial charge in [-0.2, -0.15) is 0 Å². The second-order valence-electron chi connectivity index (χ2n) is 12.7. The number of fused-ring (bicyclic) bond motifs is 10. The third-order valence-corrected chi connectivity index (χ3v) is 10.2. The van der Waals surface area contributed by atoms with Crippen LogP contribution in [0.1, 0.15) is 0 Å². The Morgan fingerprint density at radius 2 is 0.878 bits per heavy atom. The number of hydrogen-bond donors (Lipinski definition) is 0. The maximum absolute atomic E-state index is 7.01. The zero-order valence-corrected chi connectivity index (χ0v) is 26.2. The monoisotopic (exact) mass is 626 g/mol. The standard InChI is InChI=1S/C46H26O3/c1-2-12-27(13-3-1)37-26-47-39-25-24-33-32-19-10-21-36(45(32)49-46(33)44(37)39)42-30-16-6-4-14-28(30)41(29-15-5-7-17-31(29)42)35-20-11-23-40-43(35)34-18-8-9-22-38(34)48-40/h1-26H. The first-order valence-electron chi connectivity index (χ1n) is 16.6. The first kappa shape index (κ1) is 26.5. The molecule has 0 spiro atoms. The van der Waals surface area contributed by atoms with E-state index in [1.165, 1.54) is 32.7 Å². The molecule has 3 heteroatoms. The van der Waals surface area contributed by atoms with Crippen molar-refractivity contribution in [3.8, 4) is 33.4 Å². The van der Waals surface area contributed by atoms with E-state index in [1.807, 2.05) is 24.5 Å². The summed E-state index contributed by atoms with van der Waals surface area (Å²) in [7, 11) is 0. The van der Waals surface area contributed by atoms with Crippen molar-refractivity contribution in [2.75, 3.05) is 0 Å². The molecule has 11 aromatic rings. The Morgan fingerprint density at radius 1 is 0.306 bits per heavy atom. The van der Waals surface area contributed by atoms with Gasteiger partial charge in [-0.1, -0.05) is 127 Å². The summed E-state index contributed by atoms with van der Waals surface area (Å²) < 4.78 is 19.4. The predicted molar refractivity (Wildman–Crippen MR) is 202 cm³/mol. The Labute approximate surface area is 280 Å². The van der Waals surface area contributed by atoms with Crippen LogP contribution in [-0.2, 0) is 0 Å². The number of benzene rings is 8. The van der Waals surface area contributed by atoms with Gasteiger partial charge in [0.1, 0.15) is 27.9 Å². The van der Waals surface area contributed by atoms with E-state index in [1.54, 1.807) is 0 Å². The highest BCUT2D eigenvalue weighted by atomic mass is 16.3. The van der Waals surface area contributed by atoms with E-state index in [-0.39, 0.29) is 0 Å². The van der Waals surface area contributed by atoms with E-state index < -0.39 is 0 Å². The van der Waals surface area contributed by atoms with Crippen molar-refractivity contribution in [2.45, 2.75) is 0 Å². The van der Waals surface area contributed by atoms with Crippen LogP contribution in [0.5, 0.6) is 0 Å². The minimum Gasteiger partial charge on any atom is -0.464 e. The molecule has 0 aliphatic rings. The molecule has 11 rings (SSSR count). The van der Waals surface area contributed by atoms with Gasteiger partial charge >= 0.3 is 0 Å². The van der Waals surface area contributed by atoms with Crippen LogP contribution in [0.2, 0.25) is 0 Å². The summed E-state index contributed by atoms with van der Waals surface area (Å²) in [4.78, 5) is 0. The number of hydrogen-bond acceptors (Lipinski definition) is 3. The van der Waals surface area contributed by atoms with Gasteiger partial charge < -0.3 is 13.3 Å². The molecule has 0 bridgehead atoms. The van der Waals surface area contributed by atoms with Crippen molar-refractivity contribution in [3.63, 3.8) is 0 Å². The molecular formula is C46H26O3. The van der Waals surface area contributed by atoms with Gasteiger partial charge in [-0.3, -0.25) is 0 Å². The van der Waals surface area contributed by atoms with Crippen LogP contribution in [0.3, 0.4) is 0 Å². The van der Waals surface area contributed by atoms with Crippen LogP contribution in [0.4, 0.5) is 0 Å². The lowest BCUT2D eigenvalue weighted by Crippen LogP contribution is -1.91. The molecule has 0 aliphatic heterocycles. The average Bonchev–Trinajstić information content (AvgIpc) is 3.88. The molecule has 8 aromatic carbocycles. The van der Waals surface area contributed by atoms with Crippen LogP contribution >= 0.6 is 0 Å². The van der Waals surface area contributed by atoms with Gasteiger partial charge in [0.25, 0.3) is 0 Å². The maximum Gasteiger partial charge on any atom is 0.147 e. The largest absolute Gasteiger partial charge is 0.464 e. The second kappa shape index (κ2) is 9.96. The van der Waals surface area contributed by atoms with E-state index in [0.717, 1.165) is 77.1 Å². The summed E-state index contributed by atoms with van der Waals surface area (Å²) in [5.41, 5.74) is 11.0. The van der Waals surface area contributed by atoms with Crippen molar-refractivity contribution in [1.82, 2.24) is 0 Å². The highest BCUT2D eigenvalue weighted by Crippen LogP contribution is 2.49. The molecule has 0 saturated carbocycles. The van der Waals surface area contributed by atoms with Crippen LogP contribution in [0, 0.1) is 0 Å². The number of rotatable bonds is 3. The summed E-state index contributed by atoms with van der Waals surface area (Å²) in [6.07, 6.45) is 1.84. The minimum absolute atomic E-state index is 0.813. The van der Waals surface area contributed by atoms with Crippen molar-refractivity contribution >= 4 is 76.4 Å². The number of furan rings is 3. The summed E-state index contributed by atoms with van der Waals surface area (Å²) in [6, 6.07) is 53.4. The van der Waals surface area contributed by atoms with Crippen molar-refractivity contribution in [1.29, 1.82) is 0 Å². The quantitative estimate of drug-likeness (QED) is 0.183. The Hall–Kier alpha value is -6.58. The molecule has 0 aliphatic carbocycles. The van der Waals surface area contributed by atoms with Crippen LogP contribution < -0.4 is 0 Å². The molecule has 0 amide bonds. The fraction of sp³-hybridized carbons (Fsp3) is 0. The zero-order valence-electron chi connectivity index (χ0n) is 26.2. The number of para-hydroxylation sites is 2. The summed E-state index contributed by atoms with van der Waals surface area (Å²) in [6.45, 7) is 0. The third kappa shape index (κ3) is 3.67. The van der Waals surface area contributed by atoms with Gasteiger partial charge in [0.05, 0.1) is 11.6 Å². The van der Waals surface area contributed by atoms with Gasteiger partial charge in [0.15, 0.2) is 0 Å². The lowest BCUT2D eigenvalue weighted by atomic mass is 9.84. The lowest BCUT2D eigenvalue weighted by Gasteiger charge is -2.18. The van der Waals surface area contributed by atoms with Gasteiger partial charge in [-0.05, 0) is 62.5 Å². The molecule has 0 atom stereocenters. The van der Waals surface area contributed by atoms with Crippen molar-refractivity contribution in [2.24, 2.45) is 0 Å². The summed E-state index contributed by atoms with van der Waals surface area (Å²) in [5, 5.41) is 10.1. The average molecular weight is 627 g/mol. The SMILES string of the molecule is c1ccc(-c2coc3ccc4c5cccc(-c6c7ccccc7c(-c7cccc8oc9ccccc9c78)c7ccccc67)c5oc4c23)cc1. The van der Waals surface area contributed by atoms with Crippen LogP contribution in [0.25, 0.3) is 110 Å². The topological polar surface area (TPSA) is 39.4 Å². The van der Waals surface area contributed by atoms with E-state index in [9.17, 15) is 0 Å². The molecule has 0 radical (unpaired) electrons. The van der Waals surface area contributed by atoms with Crippen LogP contribution in [0.15, 0.2) is 171 Å². The lowest BCUT2D eigenvalue weighted by molar-refractivity contribution is 0.616. The van der Waals surface area contributed by atoms with Gasteiger partial charge in [0.2, 0.25) is 0 Å². The van der Waals surface area contributed by atoms with Gasteiger partial charge in [0, 0.05) is 38.2 Å². The summed E-state index contributed by atoms with van der Waals surface area (Å²) >= 11 is 0. The summed E-state index contributed by atoms with van der Waals surface area (Å²) in [5.74, 6) is 0. The fourth-order valence-electron chi connectivity index (χ4n) is 8.10. The van der Waals surface area contributed by atoms with Gasteiger partial charge in [-0.25, -0.2) is 0 Å². The molecule has 0 fully saturated rings. The molecule has 0 N–H and O–H groups in total. The molecule has 3 nitrogen and oxygen atoms in total. The predicted octanol–water partition coefficient (Wildman–Crippen LogP) is 13.5. The molecule has 228 valence electrons. The van der Waals surface area contributed by atoms with E-state index in [2.05, 4.69) is 133 Å². The third-order valence-electron chi connectivity index (χ3n) is 10.2. The van der Waals surface area contributed by atoms with Gasteiger partial charge in [-0.15, -0.1) is 0 Å². The molecule has 3 heterocycles. The normalized spacial score (nSPS) is 12.1.